The topological polar surface area (TPSA) is 33.1 Å². The molecule has 0 radical (unpaired) electrons. The van der Waals surface area contributed by atoms with E-state index in [-0.39, 0.29) is 17.2 Å². The minimum absolute atomic E-state index is 0.113. The summed E-state index contributed by atoms with van der Waals surface area (Å²) < 4.78 is 13.2. The summed E-state index contributed by atoms with van der Waals surface area (Å²) in [7, 11) is 0. The van der Waals surface area contributed by atoms with Crippen molar-refractivity contribution >= 4 is 5.76 Å². The fourth-order valence-electron chi connectivity index (χ4n) is 1.19. The normalized spacial score (nSPS) is 10.5. The van der Waals surface area contributed by atoms with E-state index < -0.39 is 5.82 Å². The van der Waals surface area contributed by atoms with Crippen molar-refractivity contribution in [3.8, 4) is 0 Å². The maximum atomic E-state index is 13.2. The molecule has 3 heteroatoms. The lowest BCUT2D eigenvalue weighted by Crippen LogP contribution is -2.00. The molecule has 0 aliphatic heterocycles. The van der Waals surface area contributed by atoms with E-state index in [0.29, 0.717) is 5.56 Å². The van der Waals surface area contributed by atoms with E-state index in [0.717, 1.165) is 6.20 Å². The quantitative estimate of drug-likeness (QED) is 0.711. The minimum Gasteiger partial charge on any atom is -0.508 e. The molecule has 0 aromatic carbocycles. The highest BCUT2D eigenvalue weighted by molar-refractivity contribution is 5.60. The molecule has 1 aromatic heterocycles. The number of aromatic nitrogens is 1. The molecule has 0 saturated carbocycles. The average Bonchev–Trinajstić information content (AvgIpc) is 2.02. The maximum Gasteiger partial charge on any atom is 0.152 e. The summed E-state index contributed by atoms with van der Waals surface area (Å²) in [6.07, 6.45) is 2.62. The number of aliphatic hydroxyl groups is 1. The first-order valence-electron chi connectivity index (χ1n) is 4.05. The predicted molar refractivity (Wildman–Crippen MR) is 49.9 cm³/mol. The third-order valence-corrected chi connectivity index (χ3v) is 1.84. The second-order valence-electron chi connectivity index (χ2n) is 3.19. The molecule has 0 fully saturated rings. The van der Waals surface area contributed by atoms with Crippen LogP contribution in [0.3, 0.4) is 0 Å². The number of hydrogen-bond acceptors (Lipinski definition) is 2. The molecule has 0 spiro atoms. The predicted octanol–water partition coefficient (Wildman–Crippen LogP) is 2.87. The summed E-state index contributed by atoms with van der Waals surface area (Å²) in [5.41, 5.74) is 0.845. The smallest absolute Gasteiger partial charge is 0.152 e. The van der Waals surface area contributed by atoms with E-state index >= 15 is 0 Å². The lowest BCUT2D eigenvalue weighted by atomic mass is 9.98. The van der Waals surface area contributed by atoms with Gasteiger partial charge in [0.1, 0.15) is 5.76 Å². The Morgan fingerprint density at radius 2 is 2.15 bits per heavy atom. The van der Waals surface area contributed by atoms with Crippen LogP contribution in [-0.2, 0) is 0 Å². The number of pyridine rings is 1. The molecule has 1 rings (SSSR count). The molecule has 1 N–H and O–H groups in total. The molecule has 1 aromatic rings. The van der Waals surface area contributed by atoms with Gasteiger partial charge in [0.25, 0.3) is 0 Å². The van der Waals surface area contributed by atoms with Gasteiger partial charge in [0.15, 0.2) is 5.82 Å². The molecule has 0 atom stereocenters. The average molecular weight is 181 g/mol. The second kappa shape index (κ2) is 3.56. The van der Waals surface area contributed by atoms with Crippen LogP contribution < -0.4 is 0 Å². The van der Waals surface area contributed by atoms with Crippen molar-refractivity contribution in [1.82, 2.24) is 4.98 Å². The van der Waals surface area contributed by atoms with Gasteiger partial charge in [-0.2, -0.15) is 0 Å². The Kier molecular flexibility index (Phi) is 2.66. The van der Waals surface area contributed by atoms with Gasteiger partial charge in [0.2, 0.25) is 0 Å². The van der Waals surface area contributed by atoms with Crippen LogP contribution in [0.2, 0.25) is 0 Å². The lowest BCUT2D eigenvalue weighted by Gasteiger charge is -2.11. The summed E-state index contributed by atoms with van der Waals surface area (Å²) in [5, 5.41) is 9.17. The largest absolute Gasteiger partial charge is 0.508 e. The van der Waals surface area contributed by atoms with Gasteiger partial charge in [-0.3, -0.25) is 4.98 Å². The van der Waals surface area contributed by atoms with Crippen LogP contribution in [0.25, 0.3) is 5.76 Å². The molecule has 1 heterocycles. The second-order valence-corrected chi connectivity index (χ2v) is 3.19. The van der Waals surface area contributed by atoms with E-state index in [1.165, 1.54) is 0 Å². The molecular formula is C10H12FNO. The van der Waals surface area contributed by atoms with Gasteiger partial charge >= 0.3 is 0 Å². The third-order valence-electron chi connectivity index (χ3n) is 1.84. The zero-order valence-corrected chi connectivity index (χ0v) is 7.71. The lowest BCUT2D eigenvalue weighted by molar-refractivity contribution is 0.500. The van der Waals surface area contributed by atoms with Crippen molar-refractivity contribution in [3.05, 3.63) is 35.9 Å². The maximum absolute atomic E-state index is 13.2. The van der Waals surface area contributed by atoms with E-state index in [2.05, 4.69) is 11.6 Å². The molecule has 2 nitrogen and oxygen atoms in total. The number of rotatable bonds is 2. The van der Waals surface area contributed by atoms with Gasteiger partial charge in [0.05, 0.1) is 11.8 Å². The van der Waals surface area contributed by atoms with Crippen LogP contribution >= 0.6 is 0 Å². The van der Waals surface area contributed by atoms with Gasteiger partial charge in [0, 0.05) is 6.20 Å². The van der Waals surface area contributed by atoms with Crippen molar-refractivity contribution in [2.45, 2.75) is 19.8 Å². The Balaban J connectivity index is 3.34. The number of hydrogen-bond donors (Lipinski definition) is 1. The van der Waals surface area contributed by atoms with Crippen LogP contribution in [0.15, 0.2) is 19.0 Å². The summed E-state index contributed by atoms with van der Waals surface area (Å²) in [6.45, 7) is 7.13. The molecular weight excluding hydrogens is 169 g/mol. The van der Waals surface area contributed by atoms with Crippen LogP contribution in [-0.4, -0.2) is 10.1 Å². The highest BCUT2D eigenvalue weighted by atomic mass is 19.1. The Morgan fingerprint density at radius 1 is 1.54 bits per heavy atom. The zero-order chi connectivity index (χ0) is 10.0. The van der Waals surface area contributed by atoms with Crippen LogP contribution in [0.4, 0.5) is 4.39 Å². The Bertz CT molecular complexity index is 334. The van der Waals surface area contributed by atoms with Gasteiger partial charge in [-0.15, -0.1) is 0 Å². The molecule has 70 valence electrons. The van der Waals surface area contributed by atoms with E-state index in [9.17, 15) is 9.50 Å². The first kappa shape index (κ1) is 9.71. The first-order valence-corrected chi connectivity index (χ1v) is 4.05. The number of aliphatic hydroxyl groups excluding tert-OH is 1. The molecule has 0 saturated heterocycles. The number of nitrogens with zero attached hydrogens (tertiary/aromatic N) is 1. The van der Waals surface area contributed by atoms with Crippen molar-refractivity contribution in [2.75, 3.05) is 0 Å². The molecule has 0 aliphatic carbocycles. The Hall–Kier alpha value is -1.38. The van der Waals surface area contributed by atoms with E-state index in [1.807, 2.05) is 13.8 Å². The number of halogens is 1. The standard InChI is InChI=1S/C10H12FNO/c1-6(2)8-4-12-5-9(11)10(8)7(3)13/h4-6,13H,3H2,1-2H3. The van der Waals surface area contributed by atoms with Crippen LogP contribution in [0, 0.1) is 5.82 Å². The van der Waals surface area contributed by atoms with Crippen LogP contribution in [0.5, 0.6) is 0 Å². The Labute approximate surface area is 76.7 Å². The molecule has 13 heavy (non-hydrogen) atoms. The summed E-state index contributed by atoms with van der Waals surface area (Å²) in [5.74, 6) is -0.663. The fourth-order valence-corrected chi connectivity index (χ4v) is 1.19. The molecule has 0 amide bonds. The zero-order valence-electron chi connectivity index (χ0n) is 7.71. The molecule has 0 aliphatic rings. The van der Waals surface area contributed by atoms with Crippen LogP contribution in [0.1, 0.15) is 30.9 Å². The summed E-state index contributed by atoms with van der Waals surface area (Å²) in [4.78, 5) is 3.72. The van der Waals surface area contributed by atoms with Crippen molar-refractivity contribution in [3.63, 3.8) is 0 Å². The molecule has 0 unspecified atom stereocenters. The van der Waals surface area contributed by atoms with E-state index in [1.54, 1.807) is 6.20 Å². The van der Waals surface area contributed by atoms with Gasteiger partial charge in [-0.05, 0) is 11.5 Å². The highest BCUT2D eigenvalue weighted by Crippen LogP contribution is 2.24. The minimum atomic E-state index is -0.529. The fraction of sp³-hybridized carbons (Fsp3) is 0.300. The Morgan fingerprint density at radius 3 is 2.54 bits per heavy atom. The van der Waals surface area contributed by atoms with Gasteiger partial charge in [-0.25, -0.2) is 4.39 Å². The summed E-state index contributed by atoms with van der Waals surface area (Å²) in [6, 6.07) is 0. The van der Waals surface area contributed by atoms with Crippen molar-refractivity contribution in [2.24, 2.45) is 0 Å². The molecule has 0 bridgehead atoms. The third kappa shape index (κ3) is 1.86. The van der Waals surface area contributed by atoms with Crippen molar-refractivity contribution < 1.29 is 9.50 Å². The van der Waals surface area contributed by atoms with Gasteiger partial charge in [-0.1, -0.05) is 20.4 Å². The monoisotopic (exact) mass is 181 g/mol. The van der Waals surface area contributed by atoms with E-state index in [4.69, 9.17) is 0 Å². The summed E-state index contributed by atoms with van der Waals surface area (Å²) >= 11 is 0. The first-order chi connectivity index (χ1) is 6.04. The van der Waals surface area contributed by atoms with Gasteiger partial charge < -0.3 is 5.11 Å². The van der Waals surface area contributed by atoms with Crippen molar-refractivity contribution in [1.29, 1.82) is 0 Å². The highest BCUT2D eigenvalue weighted by Gasteiger charge is 2.13. The SMILES string of the molecule is C=C(O)c1c(F)cncc1C(C)C.